The van der Waals surface area contributed by atoms with Crippen molar-refractivity contribution in [2.24, 2.45) is 0 Å². The molecule has 1 N–H and O–H groups in total. The van der Waals surface area contributed by atoms with Gasteiger partial charge in [0.05, 0.1) is 17.7 Å². The lowest BCUT2D eigenvalue weighted by atomic mass is 10.1. The third-order valence-electron chi connectivity index (χ3n) is 1.93. The molecular formula is C11H9F2NO4. The molecule has 1 rings (SSSR count). The highest BCUT2D eigenvalue weighted by Crippen LogP contribution is 2.31. The predicted octanol–water partition coefficient (Wildman–Crippen LogP) is 2.04. The standard InChI is InChI=1S/C11H9F2NO4/c1-2-17-10(16)7-4-9(18-11(12)13)8(15)3-6(7)5-14/h3-4,11,15H,2H2,1H3. The Labute approximate surface area is 101 Å². The van der Waals surface area contributed by atoms with Gasteiger partial charge in [-0.3, -0.25) is 0 Å². The zero-order valence-corrected chi connectivity index (χ0v) is 9.31. The van der Waals surface area contributed by atoms with Gasteiger partial charge in [-0.1, -0.05) is 0 Å². The molecule has 0 aliphatic heterocycles. The Hall–Kier alpha value is -2.36. The molecule has 0 fully saturated rings. The van der Waals surface area contributed by atoms with E-state index in [0.29, 0.717) is 0 Å². The summed E-state index contributed by atoms with van der Waals surface area (Å²) in [5.74, 6) is -2.10. The molecular weight excluding hydrogens is 248 g/mol. The first kappa shape index (κ1) is 13.7. The molecule has 5 nitrogen and oxygen atoms in total. The monoisotopic (exact) mass is 257 g/mol. The van der Waals surface area contributed by atoms with E-state index in [0.717, 1.165) is 12.1 Å². The number of phenolic OH excluding ortho intramolecular Hbond substituents is 1. The molecule has 18 heavy (non-hydrogen) atoms. The van der Waals surface area contributed by atoms with Gasteiger partial charge in [0, 0.05) is 12.1 Å². The van der Waals surface area contributed by atoms with Crippen LogP contribution in [0.4, 0.5) is 8.78 Å². The lowest BCUT2D eigenvalue weighted by Crippen LogP contribution is -2.09. The van der Waals surface area contributed by atoms with Gasteiger partial charge in [0.1, 0.15) is 6.07 Å². The number of carbonyl (C=O) groups excluding carboxylic acids is 1. The van der Waals surface area contributed by atoms with Crippen molar-refractivity contribution in [2.75, 3.05) is 6.61 Å². The molecule has 0 radical (unpaired) electrons. The maximum atomic E-state index is 12.0. The second-order valence-electron chi connectivity index (χ2n) is 3.08. The fourth-order valence-electron chi connectivity index (χ4n) is 1.23. The van der Waals surface area contributed by atoms with Gasteiger partial charge in [0.2, 0.25) is 0 Å². The second kappa shape index (κ2) is 5.82. The number of aromatic hydroxyl groups is 1. The Morgan fingerprint density at radius 2 is 2.22 bits per heavy atom. The van der Waals surface area contributed by atoms with Crippen LogP contribution in [0.2, 0.25) is 0 Å². The number of phenols is 1. The normalized spacial score (nSPS) is 9.94. The maximum Gasteiger partial charge on any atom is 0.387 e. The van der Waals surface area contributed by atoms with Gasteiger partial charge >= 0.3 is 12.6 Å². The summed E-state index contributed by atoms with van der Waals surface area (Å²) in [7, 11) is 0. The summed E-state index contributed by atoms with van der Waals surface area (Å²) in [4.78, 5) is 11.5. The SMILES string of the molecule is CCOC(=O)c1cc(OC(F)F)c(O)cc1C#N. The van der Waals surface area contributed by atoms with Crippen molar-refractivity contribution < 1.29 is 28.2 Å². The number of hydrogen-bond donors (Lipinski definition) is 1. The molecule has 0 atom stereocenters. The van der Waals surface area contributed by atoms with E-state index in [1.165, 1.54) is 0 Å². The van der Waals surface area contributed by atoms with Gasteiger partial charge in [-0.15, -0.1) is 0 Å². The molecule has 7 heteroatoms. The van der Waals surface area contributed by atoms with Gasteiger partial charge in [0.25, 0.3) is 0 Å². The number of carbonyl (C=O) groups is 1. The van der Waals surface area contributed by atoms with Gasteiger partial charge in [-0.25, -0.2) is 4.79 Å². The average Bonchev–Trinajstić information content (AvgIpc) is 2.30. The molecule has 0 saturated heterocycles. The lowest BCUT2D eigenvalue weighted by molar-refractivity contribution is -0.0513. The number of ether oxygens (including phenoxy) is 2. The Morgan fingerprint density at radius 1 is 1.56 bits per heavy atom. The molecule has 1 aromatic rings. The minimum atomic E-state index is -3.15. The third-order valence-corrected chi connectivity index (χ3v) is 1.93. The molecule has 0 aliphatic rings. The van der Waals surface area contributed by atoms with Crippen molar-refractivity contribution >= 4 is 5.97 Å². The highest BCUT2D eigenvalue weighted by molar-refractivity contribution is 5.93. The molecule has 0 spiro atoms. The third kappa shape index (κ3) is 3.07. The van der Waals surface area contributed by atoms with Crippen LogP contribution < -0.4 is 4.74 Å². The van der Waals surface area contributed by atoms with Crippen LogP contribution in [0.5, 0.6) is 11.5 Å². The smallest absolute Gasteiger partial charge is 0.387 e. The summed E-state index contributed by atoms with van der Waals surface area (Å²) < 4.78 is 32.8. The van der Waals surface area contributed by atoms with Crippen LogP contribution in [0.25, 0.3) is 0 Å². The van der Waals surface area contributed by atoms with Crippen molar-refractivity contribution in [1.29, 1.82) is 5.26 Å². The Balaban J connectivity index is 3.22. The Morgan fingerprint density at radius 3 is 2.72 bits per heavy atom. The van der Waals surface area contributed by atoms with Gasteiger partial charge in [0.15, 0.2) is 11.5 Å². The molecule has 0 unspecified atom stereocenters. The molecule has 0 amide bonds. The van der Waals surface area contributed by atoms with Gasteiger partial charge < -0.3 is 14.6 Å². The quantitative estimate of drug-likeness (QED) is 0.835. The van der Waals surface area contributed by atoms with E-state index in [1.807, 2.05) is 0 Å². The van der Waals surface area contributed by atoms with Gasteiger partial charge in [-0.05, 0) is 6.92 Å². The topological polar surface area (TPSA) is 79.6 Å². The molecule has 96 valence electrons. The van der Waals surface area contributed by atoms with E-state index in [2.05, 4.69) is 9.47 Å². The van der Waals surface area contributed by atoms with Crippen LogP contribution >= 0.6 is 0 Å². The summed E-state index contributed by atoms with van der Waals surface area (Å²) in [5.41, 5.74) is -0.430. The zero-order chi connectivity index (χ0) is 13.7. The maximum absolute atomic E-state index is 12.0. The fourth-order valence-corrected chi connectivity index (χ4v) is 1.23. The number of benzene rings is 1. The minimum absolute atomic E-state index is 0.0651. The minimum Gasteiger partial charge on any atom is -0.504 e. The number of alkyl halides is 2. The summed E-state index contributed by atoms with van der Waals surface area (Å²) >= 11 is 0. The number of hydrogen-bond acceptors (Lipinski definition) is 5. The van der Waals surface area contributed by atoms with Crippen molar-refractivity contribution in [1.82, 2.24) is 0 Å². The first-order valence-corrected chi connectivity index (χ1v) is 4.88. The average molecular weight is 257 g/mol. The fraction of sp³-hybridized carbons (Fsp3) is 0.273. The largest absolute Gasteiger partial charge is 0.504 e. The van der Waals surface area contributed by atoms with Crippen LogP contribution in [-0.2, 0) is 4.74 Å². The van der Waals surface area contributed by atoms with E-state index < -0.39 is 24.1 Å². The molecule has 0 aromatic heterocycles. The summed E-state index contributed by atoms with van der Waals surface area (Å²) in [6.45, 7) is -1.53. The van der Waals surface area contributed by atoms with E-state index in [-0.39, 0.29) is 17.7 Å². The number of esters is 1. The van der Waals surface area contributed by atoms with Crippen LogP contribution in [0, 0.1) is 11.3 Å². The Bertz CT molecular complexity index is 497. The highest BCUT2D eigenvalue weighted by Gasteiger charge is 2.19. The van der Waals surface area contributed by atoms with Crippen LogP contribution in [0.3, 0.4) is 0 Å². The summed E-state index contributed by atoms with van der Waals surface area (Å²) in [6.07, 6.45) is 0. The van der Waals surface area contributed by atoms with Crippen LogP contribution in [0.15, 0.2) is 12.1 Å². The molecule has 0 aliphatic carbocycles. The molecule has 0 bridgehead atoms. The van der Waals surface area contributed by atoms with E-state index in [9.17, 15) is 18.7 Å². The molecule has 0 saturated carbocycles. The summed E-state index contributed by atoms with van der Waals surface area (Å²) in [6, 6.07) is 3.36. The number of halogens is 2. The number of rotatable bonds is 4. The van der Waals surface area contributed by atoms with Crippen molar-refractivity contribution in [3.63, 3.8) is 0 Å². The van der Waals surface area contributed by atoms with E-state index in [4.69, 9.17) is 5.26 Å². The van der Waals surface area contributed by atoms with Crippen LogP contribution in [-0.4, -0.2) is 24.3 Å². The number of nitrogens with zero attached hydrogens (tertiary/aromatic N) is 1. The van der Waals surface area contributed by atoms with E-state index in [1.54, 1.807) is 13.0 Å². The first-order valence-electron chi connectivity index (χ1n) is 4.88. The predicted molar refractivity (Wildman–Crippen MR) is 55.4 cm³/mol. The zero-order valence-electron chi connectivity index (χ0n) is 9.31. The van der Waals surface area contributed by atoms with Gasteiger partial charge in [-0.2, -0.15) is 14.0 Å². The van der Waals surface area contributed by atoms with Crippen molar-refractivity contribution in [3.8, 4) is 17.6 Å². The van der Waals surface area contributed by atoms with E-state index >= 15 is 0 Å². The van der Waals surface area contributed by atoms with Crippen molar-refractivity contribution in [2.45, 2.75) is 13.5 Å². The molecule has 1 aromatic carbocycles. The second-order valence-corrected chi connectivity index (χ2v) is 3.08. The summed E-state index contributed by atoms with van der Waals surface area (Å²) in [5, 5.41) is 18.1. The number of nitriles is 1. The molecule has 0 heterocycles. The van der Waals surface area contributed by atoms with Crippen LogP contribution in [0.1, 0.15) is 22.8 Å². The first-order chi connectivity index (χ1) is 8.49. The lowest BCUT2D eigenvalue weighted by Gasteiger charge is -2.10. The highest BCUT2D eigenvalue weighted by atomic mass is 19.3. The van der Waals surface area contributed by atoms with Crippen molar-refractivity contribution in [3.05, 3.63) is 23.3 Å². The Kier molecular flexibility index (Phi) is 4.43.